The Balaban J connectivity index is 1.53. The summed E-state index contributed by atoms with van der Waals surface area (Å²) < 4.78 is 39.9. The van der Waals surface area contributed by atoms with Crippen LogP contribution < -0.4 is 10.1 Å². The zero-order valence-corrected chi connectivity index (χ0v) is 25.8. The summed E-state index contributed by atoms with van der Waals surface area (Å²) in [4.78, 5) is 18.7. The molecule has 0 spiro atoms. The summed E-state index contributed by atoms with van der Waals surface area (Å²) in [5.41, 5.74) is 1.11. The van der Waals surface area contributed by atoms with Crippen molar-refractivity contribution in [2.45, 2.75) is 88.2 Å². The van der Waals surface area contributed by atoms with Crippen molar-refractivity contribution in [2.24, 2.45) is 0 Å². The van der Waals surface area contributed by atoms with Crippen molar-refractivity contribution >= 4 is 16.1 Å². The fourth-order valence-corrected chi connectivity index (χ4v) is 6.11. The molecule has 3 aromatic rings. The first-order valence-electron chi connectivity index (χ1n) is 14.7. The molecule has 0 aromatic heterocycles. The molecule has 1 fully saturated rings. The number of hydroxylamine groups is 1. The number of alkyl carbamates (subject to hydrolysis) is 1. The summed E-state index contributed by atoms with van der Waals surface area (Å²) in [6.07, 6.45) is 1.27. The van der Waals surface area contributed by atoms with Gasteiger partial charge in [0.2, 0.25) is 0 Å². The Morgan fingerprint density at radius 3 is 2.09 bits per heavy atom. The number of hydrogen-bond acceptors (Lipinski definition) is 7. The minimum Gasteiger partial charge on any atom is -0.489 e. The number of carbonyl (C=O) groups is 1. The highest BCUT2D eigenvalue weighted by molar-refractivity contribution is 7.89. The van der Waals surface area contributed by atoms with Crippen LogP contribution in [-0.4, -0.2) is 54.5 Å². The number of nitrogens with zero attached hydrogens (tertiary/aromatic N) is 1. The number of hydrogen-bond donors (Lipinski definition) is 2. The predicted octanol–water partition coefficient (Wildman–Crippen LogP) is 5.63. The molecular weight excluding hydrogens is 568 g/mol. The molecule has 1 saturated carbocycles. The first-order chi connectivity index (χ1) is 20.5. The minimum atomic E-state index is -4.18. The second-order valence-corrected chi connectivity index (χ2v) is 13.6. The van der Waals surface area contributed by atoms with E-state index in [0.717, 1.165) is 41.3 Å². The Hall–Kier alpha value is -3.44. The standard InChI is InChI=1S/C33H42N2O7S/c1-33(2,3)41-32(37)34-30(22-25-12-6-4-7-13-25)31(36)23-35(42-28-16-10-11-17-28)43(38,39)29-20-18-27(19-21-29)40-24-26-14-8-5-9-15-26/h4-9,12-15,18-21,28,30-31,36H,10-11,16-17,22-24H2,1-3H3,(H,34,37)/t30-,31+/m0/s1. The average molecular weight is 611 g/mol. The molecule has 0 radical (unpaired) electrons. The largest absolute Gasteiger partial charge is 0.489 e. The Morgan fingerprint density at radius 2 is 1.51 bits per heavy atom. The third kappa shape index (κ3) is 10.1. The van der Waals surface area contributed by atoms with Crippen molar-refractivity contribution in [3.05, 3.63) is 96.1 Å². The number of amides is 1. The number of sulfonamides is 1. The molecule has 4 rings (SSSR count). The molecule has 3 aromatic carbocycles. The summed E-state index contributed by atoms with van der Waals surface area (Å²) in [5.74, 6) is 0.524. The minimum absolute atomic E-state index is 0.00414. The van der Waals surface area contributed by atoms with E-state index < -0.39 is 40.4 Å². The molecule has 0 heterocycles. The van der Waals surface area contributed by atoms with Crippen LogP contribution in [0.3, 0.4) is 0 Å². The van der Waals surface area contributed by atoms with Gasteiger partial charge in [-0.1, -0.05) is 78.0 Å². The summed E-state index contributed by atoms with van der Waals surface area (Å²) in [5, 5.41) is 14.2. The van der Waals surface area contributed by atoms with E-state index in [-0.39, 0.29) is 17.4 Å². The normalized spacial score (nSPS) is 15.7. The number of carbonyl (C=O) groups excluding carboxylic acids is 1. The van der Waals surface area contributed by atoms with Crippen molar-refractivity contribution in [2.75, 3.05) is 6.54 Å². The molecule has 2 N–H and O–H groups in total. The van der Waals surface area contributed by atoms with E-state index in [1.165, 1.54) is 12.1 Å². The fraction of sp³-hybridized carbons (Fsp3) is 0.424. The fourth-order valence-electron chi connectivity index (χ4n) is 4.81. The molecule has 0 aliphatic heterocycles. The van der Waals surface area contributed by atoms with Crippen LogP contribution in [0.1, 0.15) is 57.6 Å². The van der Waals surface area contributed by atoms with Crippen LogP contribution in [0.5, 0.6) is 5.75 Å². The summed E-state index contributed by atoms with van der Waals surface area (Å²) in [6, 6.07) is 24.3. The van der Waals surface area contributed by atoms with E-state index in [9.17, 15) is 18.3 Å². The van der Waals surface area contributed by atoms with Crippen LogP contribution in [0.25, 0.3) is 0 Å². The van der Waals surface area contributed by atoms with Gasteiger partial charge in [-0.2, -0.15) is 0 Å². The van der Waals surface area contributed by atoms with Gasteiger partial charge in [-0.3, -0.25) is 4.84 Å². The van der Waals surface area contributed by atoms with Gasteiger partial charge in [0.05, 0.1) is 29.7 Å². The van der Waals surface area contributed by atoms with Gasteiger partial charge in [-0.15, -0.1) is 0 Å². The van der Waals surface area contributed by atoms with E-state index in [1.54, 1.807) is 32.9 Å². The van der Waals surface area contributed by atoms with E-state index in [1.807, 2.05) is 60.7 Å². The Bertz CT molecular complexity index is 1390. The first-order valence-corrected chi connectivity index (χ1v) is 16.1. The average Bonchev–Trinajstić information content (AvgIpc) is 3.49. The number of rotatable bonds is 13. The second-order valence-electron chi connectivity index (χ2n) is 11.8. The van der Waals surface area contributed by atoms with Gasteiger partial charge >= 0.3 is 6.09 Å². The molecule has 10 heteroatoms. The summed E-state index contributed by atoms with van der Waals surface area (Å²) in [7, 11) is -4.18. The van der Waals surface area contributed by atoms with Gasteiger partial charge in [0, 0.05) is 0 Å². The predicted molar refractivity (Wildman–Crippen MR) is 164 cm³/mol. The van der Waals surface area contributed by atoms with Crippen LogP contribution in [0.2, 0.25) is 0 Å². The number of benzene rings is 3. The Labute approximate surface area is 254 Å². The van der Waals surface area contributed by atoms with E-state index in [2.05, 4.69) is 5.32 Å². The van der Waals surface area contributed by atoms with Gasteiger partial charge in [0.15, 0.2) is 0 Å². The molecule has 0 bridgehead atoms. The van der Waals surface area contributed by atoms with Crippen LogP contribution in [0, 0.1) is 0 Å². The lowest BCUT2D eigenvalue weighted by Gasteiger charge is -2.31. The van der Waals surface area contributed by atoms with Crippen LogP contribution in [0.4, 0.5) is 4.79 Å². The first kappa shape index (κ1) is 32.5. The van der Waals surface area contributed by atoms with Crippen molar-refractivity contribution in [3.63, 3.8) is 0 Å². The third-order valence-corrected chi connectivity index (χ3v) is 8.65. The molecule has 1 aliphatic rings. The van der Waals surface area contributed by atoms with Crippen LogP contribution >= 0.6 is 0 Å². The van der Waals surface area contributed by atoms with Gasteiger partial charge in [0.25, 0.3) is 10.0 Å². The lowest BCUT2D eigenvalue weighted by atomic mass is 10.0. The lowest BCUT2D eigenvalue weighted by Crippen LogP contribution is -2.51. The van der Waals surface area contributed by atoms with Gasteiger partial charge in [-0.05, 0) is 75.4 Å². The molecule has 0 unspecified atom stereocenters. The molecule has 43 heavy (non-hydrogen) atoms. The topological polar surface area (TPSA) is 114 Å². The van der Waals surface area contributed by atoms with Crippen molar-refractivity contribution < 1.29 is 32.6 Å². The Morgan fingerprint density at radius 1 is 0.930 bits per heavy atom. The van der Waals surface area contributed by atoms with Crippen molar-refractivity contribution in [1.29, 1.82) is 0 Å². The summed E-state index contributed by atoms with van der Waals surface area (Å²) in [6.45, 7) is 5.20. The zero-order chi connectivity index (χ0) is 30.9. The SMILES string of the molecule is CC(C)(C)OC(=O)N[C@@H](Cc1ccccc1)[C@H](O)CN(OC1CCCC1)S(=O)(=O)c1ccc(OCc2ccccc2)cc1. The molecule has 2 atom stereocenters. The lowest BCUT2D eigenvalue weighted by molar-refractivity contribution is -0.145. The van der Waals surface area contributed by atoms with Gasteiger partial charge < -0.3 is 19.9 Å². The number of aliphatic hydroxyl groups excluding tert-OH is 1. The third-order valence-electron chi connectivity index (χ3n) is 7.01. The van der Waals surface area contributed by atoms with Crippen molar-refractivity contribution in [1.82, 2.24) is 9.79 Å². The van der Waals surface area contributed by atoms with Gasteiger partial charge in [-0.25, -0.2) is 13.2 Å². The van der Waals surface area contributed by atoms with Crippen molar-refractivity contribution in [3.8, 4) is 5.75 Å². The number of nitrogens with one attached hydrogen (secondary N) is 1. The highest BCUT2D eigenvalue weighted by Gasteiger charge is 2.35. The van der Waals surface area contributed by atoms with Crippen LogP contribution in [0.15, 0.2) is 89.8 Å². The van der Waals surface area contributed by atoms with E-state index in [4.69, 9.17) is 14.3 Å². The highest BCUT2D eigenvalue weighted by Crippen LogP contribution is 2.27. The second kappa shape index (κ2) is 14.8. The smallest absolute Gasteiger partial charge is 0.407 e. The molecule has 1 aliphatic carbocycles. The number of aliphatic hydroxyl groups is 1. The maximum absolute atomic E-state index is 13.9. The summed E-state index contributed by atoms with van der Waals surface area (Å²) >= 11 is 0. The maximum Gasteiger partial charge on any atom is 0.407 e. The molecule has 232 valence electrons. The maximum atomic E-state index is 13.9. The quantitative estimate of drug-likeness (QED) is 0.241. The molecule has 9 nitrogen and oxygen atoms in total. The number of ether oxygens (including phenoxy) is 2. The Kier molecular flexibility index (Phi) is 11.2. The van der Waals surface area contributed by atoms with Crippen LogP contribution in [-0.2, 0) is 32.6 Å². The molecular formula is C33H42N2O7S. The van der Waals surface area contributed by atoms with E-state index in [0.29, 0.717) is 12.4 Å². The molecule has 1 amide bonds. The molecule has 0 saturated heterocycles. The zero-order valence-electron chi connectivity index (χ0n) is 25.0. The van der Waals surface area contributed by atoms with E-state index >= 15 is 0 Å². The van der Waals surface area contributed by atoms with Gasteiger partial charge in [0.1, 0.15) is 18.0 Å². The highest BCUT2D eigenvalue weighted by atomic mass is 32.2. The monoisotopic (exact) mass is 610 g/mol.